The Kier molecular flexibility index (Phi) is 5.22. The van der Waals surface area contributed by atoms with Crippen molar-refractivity contribution in [2.45, 2.75) is 11.8 Å². The van der Waals surface area contributed by atoms with Crippen molar-refractivity contribution in [1.29, 1.82) is 0 Å². The average Bonchev–Trinajstić information content (AvgIpc) is 2.97. The third kappa shape index (κ3) is 3.62. The van der Waals surface area contributed by atoms with Gasteiger partial charge in [-0.15, -0.1) is 5.12 Å². The lowest BCUT2D eigenvalue weighted by Gasteiger charge is -2.31. The fourth-order valence-electron chi connectivity index (χ4n) is 2.85. The molecular weight excluding hydrogens is 386 g/mol. The Balaban J connectivity index is 2.10. The zero-order chi connectivity index (χ0) is 20.5. The predicted molar refractivity (Wildman–Crippen MR) is 99.5 cm³/mol. The van der Waals surface area contributed by atoms with Crippen LogP contribution in [0.5, 0.6) is 0 Å². The topological polar surface area (TPSA) is 127 Å². The normalized spacial score (nSPS) is 20.0. The van der Waals surface area contributed by atoms with E-state index in [9.17, 15) is 27.7 Å². The first-order chi connectivity index (χ1) is 13.2. The Morgan fingerprint density at radius 3 is 2.36 bits per heavy atom. The number of hydrazine groups is 2. The van der Waals surface area contributed by atoms with Crippen molar-refractivity contribution in [3.63, 3.8) is 0 Å². The van der Waals surface area contributed by atoms with Crippen LogP contribution in [-0.2, 0) is 14.9 Å². The summed E-state index contributed by atoms with van der Waals surface area (Å²) in [6.07, 6.45) is 0. The van der Waals surface area contributed by atoms with Gasteiger partial charge in [-0.2, -0.15) is 8.42 Å². The van der Waals surface area contributed by atoms with Crippen molar-refractivity contribution in [2.75, 3.05) is 18.2 Å². The van der Waals surface area contributed by atoms with Crippen molar-refractivity contribution < 1.29 is 27.7 Å². The second-order valence-corrected chi connectivity index (χ2v) is 8.03. The molecule has 2 amide bonds. The molecule has 10 heteroatoms. The molecule has 1 saturated heterocycles. The number of benzene rings is 2. The zero-order valence-corrected chi connectivity index (χ0v) is 15.8. The standard InChI is InChI=1S/C18H19N3O6S/c1-18(12-22)11-20(19-17(18)24)21(13-7-3-2-4-8-13)16(23)14-9-5-6-10-15(14)28(25,26)27/h2-10,22H,11-12H2,1H3,(H,19,24)(H,25,26,27). The van der Waals surface area contributed by atoms with Gasteiger partial charge in [0.15, 0.2) is 0 Å². The molecule has 1 aliphatic heterocycles. The molecule has 1 fully saturated rings. The van der Waals surface area contributed by atoms with E-state index in [0.717, 1.165) is 11.1 Å². The summed E-state index contributed by atoms with van der Waals surface area (Å²) in [7, 11) is -4.65. The van der Waals surface area contributed by atoms with Gasteiger partial charge in [0.1, 0.15) is 4.90 Å². The summed E-state index contributed by atoms with van der Waals surface area (Å²) in [5.41, 5.74) is 1.49. The lowest BCUT2D eigenvalue weighted by atomic mass is 9.93. The van der Waals surface area contributed by atoms with E-state index in [4.69, 9.17) is 0 Å². The minimum absolute atomic E-state index is 0.0307. The zero-order valence-electron chi connectivity index (χ0n) is 14.9. The summed E-state index contributed by atoms with van der Waals surface area (Å²) in [5.74, 6) is -1.26. The Morgan fingerprint density at radius 2 is 1.79 bits per heavy atom. The molecule has 1 aliphatic rings. The van der Waals surface area contributed by atoms with Crippen molar-refractivity contribution >= 4 is 27.6 Å². The predicted octanol–water partition coefficient (Wildman–Crippen LogP) is 0.841. The van der Waals surface area contributed by atoms with Crippen LogP contribution in [0.2, 0.25) is 0 Å². The highest BCUT2D eigenvalue weighted by Crippen LogP contribution is 2.29. The molecule has 2 aromatic carbocycles. The van der Waals surface area contributed by atoms with Crippen molar-refractivity contribution in [3.8, 4) is 0 Å². The third-order valence-corrected chi connectivity index (χ3v) is 5.37. The Morgan fingerprint density at radius 1 is 1.18 bits per heavy atom. The van der Waals surface area contributed by atoms with Gasteiger partial charge in [-0.25, -0.2) is 5.01 Å². The lowest BCUT2D eigenvalue weighted by molar-refractivity contribution is -0.128. The van der Waals surface area contributed by atoms with E-state index in [1.54, 1.807) is 37.3 Å². The second kappa shape index (κ2) is 7.32. The highest BCUT2D eigenvalue weighted by atomic mass is 32.2. The molecule has 0 radical (unpaired) electrons. The molecule has 1 atom stereocenters. The molecule has 0 aliphatic carbocycles. The first kappa shape index (κ1) is 20.0. The largest absolute Gasteiger partial charge is 0.395 e. The second-order valence-electron chi connectivity index (χ2n) is 6.64. The molecule has 2 aromatic rings. The fraction of sp³-hybridized carbons (Fsp3) is 0.222. The van der Waals surface area contributed by atoms with Gasteiger partial charge in [0.05, 0.1) is 29.8 Å². The van der Waals surface area contributed by atoms with E-state index in [1.165, 1.54) is 23.3 Å². The number of para-hydroxylation sites is 1. The highest BCUT2D eigenvalue weighted by Gasteiger charge is 2.45. The fourth-order valence-corrected chi connectivity index (χ4v) is 3.54. The Hall–Kier alpha value is -2.79. The molecule has 3 rings (SSSR count). The van der Waals surface area contributed by atoms with Gasteiger partial charge in [-0.05, 0) is 31.2 Å². The molecular formula is C18H19N3O6S. The third-order valence-electron chi connectivity index (χ3n) is 4.46. The lowest BCUT2D eigenvalue weighted by Crippen LogP contribution is -2.51. The number of aliphatic hydroxyl groups excluding tert-OH is 1. The van der Waals surface area contributed by atoms with Gasteiger partial charge in [0, 0.05) is 0 Å². The summed E-state index contributed by atoms with van der Waals surface area (Å²) >= 11 is 0. The smallest absolute Gasteiger partial charge is 0.295 e. The minimum Gasteiger partial charge on any atom is -0.395 e. The number of hydrogen-bond acceptors (Lipinski definition) is 6. The number of amides is 2. The van der Waals surface area contributed by atoms with Crippen molar-refractivity contribution in [3.05, 3.63) is 60.2 Å². The van der Waals surface area contributed by atoms with Gasteiger partial charge >= 0.3 is 0 Å². The van der Waals surface area contributed by atoms with Crippen LogP contribution in [-0.4, -0.2) is 48.2 Å². The maximum Gasteiger partial charge on any atom is 0.295 e. The van der Waals surface area contributed by atoms with Gasteiger partial charge in [-0.3, -0.25) is 19.6 Å². The monoisotopic (exact) mass is 405 g/mol. The van der Waals surface area contributed by atoms with Crippen LogP contribution in [0.15, 0.2) is 59.5 Å². The molecule has 0 aromatic heterocycles. The number of rotatable bonds is 5. The number of carbonyl (C=O) groups is 2. The van der Waals surface area contributed by atoms with Crippen molar-refractivity contribution in [1.82, 2.24) is 10.5 Å². The van der Waals surface area contributed by atoms with Gasteiger partial charge in [0.25, 0.3) is 16.0 Å². The van der Waals surface area contributed by atoms with Crippen LogP contribution < -0.4 is 10.4 Å². The molecule has 28 heavy (non-hydrogen) atoms. The quantitative estimate of drug-likeness (QED) is 0.629. The van der Waals surface area contributed by atoms with Crippen LogP contribution in [0, 0.1) is 5.41 Å². The van der Waals surface area contributed by atoms with Gasteiger partial charge in [0.2, 0.25) is 5.91 Å². The SMILES string of the molecule is CC1(CO)CN(N(C(=O)c2ccccc2S(=O)(=O)O)c2ccccc2)NC1=O. The van der Waals surface area contributed by atoms with E-state index < -0.39 is 38.8 Å². The van der Waals surface area contributed by atoms with Crippen LogP contribution in [0.4, 0.5) is 5.69 Å². The first-order valence-corrected chi connectivity index (χ1v) is 9.77. The van der Waals surface area contributed by atoms with E-state index in [2.05, 4.69) is 5.43 Å². The van der Waals surface area contributed by atoms with Crippen LogP contribution in [0.1, 0.15) is 17.3 Å². The summed E-state index contributed by atoms with van der Waals surface area (Å²) in [6.45, 7) is 1.08. The van der Waals surface area contributed by atoms with Crippen LogP contribution in [0.3, 0.4) is 0 Å². The number of aliphatic hydroxyl groups is 1. The summed E-state index contributed by atoms with van der Waals surface area (Å²) in [6, 6.07) is 13.5. The molecule has 1 unspecified atom stereocenters. The Bertz CT molecular complexity index is 1010. The van der Waals surface area contributed by atoms with E-state index in [1.807, 2.05) is 0 Å². The molecule has 3 N–H and O–H groups in total. The average molecular weight is 405 g/mol. The first-order valence-electron chi connectivity index (χ1n) is 8.33. The van der Waals surface area contributed by atoms with Crippen LogP contribution in [0.25, 0.3) is 0 Å². The van der Waals surface area contributed by atoms with Crippen LogP contribution >= 0.6 is 0 Å². The number of nitrogens with zero attached hydrogens (tertiary/aromatic N) is 2. The number of anilines is 1. The van der Waals surface area contributed by atoms with Gasteiger partial charge < -0.3 is 5.11 Å². The molecule has 1 heterocycles. The molecule has 0 saturated carbocycles. The van der Waals surface area contributed by atoms with E-state index in [0.29, 0.717) is 5.69 Å². The van der Waals surface area contributed by atoms with E-state index in [-0.39, 0.29) is 12.1 Å². The minimum atomic E-state index is -4.65. The molecule has 0 bridgehead atoms. The van der Waals surface area contributed by atoms with E-state index >= 15 is 0 Å². The summed E-state index contributed by atoms with van der Waals surface area (Å²) in [4.78, 5) is 25.0. The summed E-state index contributed by atoms with van der Waals surface area (Å²) in [5, 5.41) is 11.9. The molecule has 9 nitrogen and oxygen atoms in total. The highest BCUT2D eigenvalue weighted by molar-refractivity contribution is 7.86. The maximum absolute atomic E-state index is 13.3. The molecule has 0 spiro atoms. The number of hydrogen-bond donors (Lipinski definition) is 3. The molecule has 148 valence electrons. The number of nitrogens with one attached hydrogen (secondary N) is 1. The summed E-state index contributed by atoms with van der Waals surface area (Å²) < 4.78 is 32.9. The maximum atomic E-state index is 13.3. The number of carbonyl (C=O) groups excluding carboxylic acids is 2. The van der Waals surface area contributed by atoms with Crippen molar-refractivity contribution in [2.24, 2.45) is 5.41 Å². The van der Waals surface area contributed by atoms with Gasteiger partial charge in [-0.1, -0.05) is 30.3 Å². The Labute approximate surface area is 161 Å².